The van der Waals surface area contributed by atoms with E-state index in [4.69, 9.17) is 16.6 Å². The van der Waals surface area contributed by atoms with Crippen molar-refractivity contribution >= 4 is 23.1 Å². The second kappa shape index (κ2) is 6.85. The maximum atomic E-state index is 9.72. The fourth-order valence-electron chi connectivity index (χ4n) is 2.27. The summed E-state index contributed by atoms with van der Waals surface area (Å²) in [6.45, 7) is -0.297. The van der Waals surface area contributed by atoms with Gasteiger partial charge in [0.1, 0.15) is 0 Å². The summed E-state index contributed by atoms with van der Waals surface area (Å²) in [7, 11) is 0. The van der Waals surface area contributed by atoms with Gasteiger partial charge in [0.15, 0.2) is 0 Å². The van der Waals surface area contributed by atoms with E-state index in [0.717, 1.165) is 16.7 Å². The number of hydrogen-bond donors (Lipinski definition) is 4. The van der Waals surface area contributed by atoms with Gasteiger partial charge in [-0.1, -0.05) is 12.1 Å². The van der Waals surface area contributed by atoms with Gasteiger partial charge in [-0.25, -0.2) is 0 Å². The molecule has 2 rings (SSSR count). The predicted octanol–water partition coefficient (Wildman–Crippen LogP) is 2.14. The van der Waals surface area contributed by atoms with Gasteiger partial charge in [-0.3, -0.25) is 0 Å². The maximum absolute atomic E-state index is 9.72. The van der Waals surface area contributed by atoms with Crippen molar-refractivity contribution in [3.05, 3.63) is 42.0 Å². The van der Waals surface area contributed by atoms with Crippen LogP contribution in [0.4, 0.5) is 11.4 Å². The van der Waals surface area contributed by atoms with E-state index in [2.05, 4.69) is 0 Å². The molecule has 2 aromatic rings. The van der Waals surface area contributed by atoms with E-state index in [1.165, 1.54) is 4.90 Å². The molecule has 0 radical (unpaired) electrons. The van der Waals surface area contributed by atoms with Gasteiger partial charge in [-0.05, 0) is 47.2 Å². The molecule has 0 heterocycles. The highest BCUT2D eigenvalue weighted by molar-refractivity contribution is 7.98. The number of nitrogens with two attached hydrogens (primary N) is 2. The summed E-state index contributed by atoms with van der Waals surface area (Å²) in [5.74, 6) is 0. The summed E-state index contributed by atoms with van der Waals surface area (Å²) in [5, 5.41) is 18.8. The van der Waals surface area contributed by atoms with Crippen LogP contribution in [-0.2, 0) is 6.42 Å². The van der Waals surface area contributed by atoms with Crippen molar-refractivity contribution in [3.63, 3.8) is 0 Å². The Morgan fingerprint density at radius 3 is 2.38 bits per heavy atom. The van der Waals surface area contributed by atoms with Gasteiger partial charge in [0, 0.05) is 22.7 Å². The molecule has 0 aliphatic carbocycles. The highest BCUT2D eigenvalue weighted by atomic mass is 32.2. The van der Waals surface area contributed by atoms with Gasteiger partial charge in [0.2, 0.25) is 0 Å². The smallest absolute Gasteiger partial charge is 0.0812 e. The quantitative estimate of drug-likeness (QED) is 0.502. The lowest BCUT2D eigenvalue weighted by atomic mass is 9.94. The van der Waals surface area contributed by atoms with E-state index in [1.54, 1.807) is 17.8 Å². The zero-order valence-corrected chi connectivity index (χ0v) is 12.7. The molecule has 0 aliphatic heterocycles. The molecule has 0 amide bonds. The molecule has 6 N–H and O–H groups in total. The summed E-state index contributed by atoms with van der Waals surface area (Å²) in [6.07, 6.45) is 1.49. The van der Waals surface area contributed by atoms with E-state index in [0.29, 0.717) is 17.8 Å². The molecule has 112 valence electrons. The molecule has 0 aliphatic rings. The first-order valence-corrected chi connectivity index (χ1v) is 7.89. The van der Waals surface area contributed by atoms with Gasteiger partial charge in [0.25, 0.3) is 0 Å². The number of hydrogen-bond acceptors (Lipinski definition) is 5. The van der Waals surface area contributed by atoms with E-state index in [1.807, 2.05) is 36.6 Å². The van der Waals surface area contributed by atoms with Crippen molar-refractivity contribution in [2.45, 2.75) is 17.4 Å². The summed E-state index contributed by atoms with van der Waals surface area (Å²) in [4.78, 5) is 1.17. The lowest BCUT2D eigenvalue weighted by Crippen LogP contribution is -2.17. The second-order valence-corrected chi connectivity index (χ2v) is 5.78. The van der Waals surface area contributed by atoms with Gasteiger partial charge in [0.05, 0.1) is 12.7 Å². The predicted molar refractivity (Wildman–Crippen MR) is 89.3 cm³/mol. The number of nitrogen functional groups attached to an aromatic ring is 2. The van der Waals surface area contributed by atoms with Crippen LogP contribution in [0.1, 0.15) is 5.56 Å². The molecule has 4 nitrogen and oxygen atoms in total. The molecule has 0 bridgehead atoms. The maximum Gasteiger partial charge on any atom is 0.0812 e. The topological polar surface area (TPSA) is 92.5 Å². The number of thioether (sulfide) groups is 1. The third-order valence-corrected chi connectivity index (χ3v) is 4.10. The highest BCUT2D eigenvalue weighted by Gasteiger charge is 2.14. The molecular weight excluding hydrogens is 284 g/mol. The Balaban J connectivity index is 2.49. The minimum Gasteiger partial charge on any atom is -0.399 e. The highest BCUT2D eigenvalue weighted by Crippen LogP contribution is 2.32. The molecule has 1 atom stereocenters. The number of aliphatic hydroxyl groups is 2. The largest absolute Gasteiger partial charge is 0.399 e. The zero-order valence-electron chi connectivity index (χ0n) is 11.9. The molecule has 0 saturated heterocycles. The van der Waals surface area contributed by atoms with Gasteiger partial charge in [-0.15, -0.1) is 11.8 Å². The average Bonchev–Trinajstić information content (AvgIpc) is 2.49. The number of aliphatic hydroxyl groups excluding tert-OH is 2. The van der Waals surface area contributed by atoms with Crippen molar-refractivity contribution in [2.24, 2.45) is 0 Å². The van der Waals surface area contributed by atoms with Gasteiger partial charge in [-0.2, -0.15) is 0 Å². The van der Waals surface area contributed by atoms with Gasteiger partial charge >= 0.3 is 0 Å². The molecule has 1 unspecified atom stereocenters. The summed E-state index contributed by atoms with van der Waals surface area (Å²) in [6, 6.07) is 11.6. The van der Waals surface area contributed by atoms with E-state index >= 15 is 0 Å². The third kappa shape index (κ3) is 3.69. The molecule has 0 fully saturated rings. The summed E-state index contributed by atoms with van der Waals surface area (Å²) < 4.78 is 0. The van der Waals surface area contributed by atoms with Crippen LogP contribution in [0.15, 0.2) is 41.3 Å². The molecule has 5 heteroatoms. The van der Waals surface area contributed by atoms with Crippen molar-refractivity contribution in [3.8, 4) is 11.1 Å². The molecule has 0 saturated carbocycles. The lowest BCUT2D eigenvalue weighted by Gasteiger charge is -2.16. The number of rotatable bonds is 5. The first-order chi connectivity index (χ1) is 10.0. The van der Waals surface area contributed by atoms with Crippen LogP contribution in [0.5, 0.6) is 0 Å². The Morgan fingerprint density at radius 2 is 1.81 bits per heavy atom. The van der Waals surface area contributed by atoms with Crippen LogP contribution in [0.25, 0.3) is 11.1 Å². The molecule has 21 heavy (non-hydrogen) atoms. The Kier molecular flexibility index (Phi) is 5.12. The van der Waals surface area contributed by atoms with E-state index in [-0.39, 0.29) is 6.61 Å². The van der Waals surface area contributed by atoms with Crippen LogP contribution in [-0.4, -0.2) is 29.2 Å². The normalized spacial score (nSPS) is 12.3. The minimum atomic E-state index is -0.833. The Bertz CT molecular complexity index is 614. The number of benzene rings is 2. The Labute approximate surface area is 128 Å². The third-order valence-electron chi connectivity index (χ3n) is 3.36. The fourth-order valence-corrected chi connectivity index (χ4v) is 2.68. The van der Waals surface area contributed by atoms with Crippen LogP contribution < -0.4 is 11.5 Å². The van der Waals surface area contributed by atoms with Crippen LogP contribution >= 0.6 is 11.8 Å². The van der Waals surface area contributed by atoms with Crippen molar-refractivity contribution < 1.29 is 10.2 Å². The molecular formula is C16H20N2O2S. The Hall–Kier alpha value is -1.69. The Morgan fingerprint density at radius 1 is 1.14 bits per heavy atom. The van der Waals surface area contributed by atoms with Crippen LogP contribution in [0.2, 0.25) is 0 Å². The SMILES string of the molecule is CSc1ccc(-c2cc(N)cc(N)c2CC(O)CO)cc1. The lowest BCUT2D eigenvalue weighted by molar-refractivity contribution is 0.0957. The van der Waals surface area contributed by atoms with Crippen LogP contribution in [0, 0.1) is 0 Å². The van der Waals surface area contributed by atoms with E-state index < -0.39 is 6.10 Å². The first kappa shape index (κ1) is 15.7. The van der Waals surface area contributed by atoms with Crippen molar-refractivity contribution in [1.82, 2.24) is 0 Å². The van der Waals surface area contributed by atoms with Crippen molar-refractivity contribution in [2.75, 3.05) is 24.3 Å². The number of anilines is 2. The fraction of sp³-hybridized carbons (Fsp3) is 0.250. The van der Waals surface area contributed by atoms with Crippen LogP contribution in [0.3, 0.4) is 0 Å². The van der Waals surface area contributed by atoms with Gasteiger partial charge < -0.3 is 21.7 Å². The molecule has 2 aromatic carbocycles. The monoisotopic (exact) mass is 304 g/mol. The summed E-state index contributed by atoms with van der Waals surface area (Å²) >= 11 is 1.68. The summed E-state index contributed by atoms with van der Waals surface area (Å²) in [5.41, 5.74) is 15.7. The van der Waals surface area contributed by atoms with E-state index in [9.17, 15) is 5.11 Å². The second-order valence-electron chi connectivity index (χ2n) is 4.91. The molecule has 0 spiro atoms. The first-order valence-electron chi connectivity index (χ1n) is 6.66. The molecule has 0 aromatic heterocycles. The zero-order chi connectivity index (χ0) is 15.4. The van der Waals surface area contributed by atoms with Crippen molar-refractivity contribution in [1.29, 1.82) is 0 Å². The minimum absolute atomic E-state index is 0.294. The average molecular weight is 304 g/mol. The standard InChI is InChI=1S/C16H20N2O2S/c1-21-13-4-2-10(3-5-13)14-6-11(17)7-16(18)15(14)8-12(20)9-19/h2-7,12,19-20H,8-9,17-18H2,1H3.